The summed E-state index contributed by atoms with van der Waals surface area (Å²) in [7, 11) is 2.06. The van der Waals surface area contributed by atoms with E-state index in [9.17, 15) is 0 Å². The lowest BCUT2D eigenvalue weighted by Crippen LogP contribution is -2.27. The van der Waals surface area contributed by atoms with Crippen LogP contribution in [-0.4, -0.2) is 25.8 Å². The van der Waals surface area contributed by atoms with E-state index < -0.39 is 0 Å². The van der Waals surface area contributed by atoms with E-state index in [4.69, 9.17) is 10.7 Å². The van der Waals surface area contributed by atoms with Crippen LogP contribution in [0.25, 0.3) is 11.3 Å². The Labute approximate surface area is 175 Å². The predicted molar refractivity (Wildman–Crippen MR) is 117 cm³/mol. The Hall–Kier alpha value is -1.75. The van der Waals surface area contributed by atoms with E-state index in [0.717, 1.165) is 29.8 Å². The molecule has 1 unspecified atom stereocenters. The number of hydrogen-bond acceptors (Lipinski definition) is 4. The molecule has 2 N–H and O–H groups in total. The first-order chi connectivity index (χ1) is 14.0. The van der Waals surface area contributed by atoms with E-state index in [1.165, 1.54) is 62.6 Å². The summed E-state index contributed by atoms with van der Waals surface area (Å²) in [6, 6.07) is 2.47. The maximum Gasteiger partial charge on any atom is 0.132 e. The van der Waals surface area contributed by atoms with Gasteiger partial charge in [0.05, 0.1) is 11.9 Å². The second-order valence-electron chi connectivity index (χ2n) is 9.71. The van der Waals surface area contributed by atoms with Crippen molar-refractivity contribution in [3.63, 3.8) is 0 Å². The lowest BCUT2D eigenvalue weighted by atomic mass is 9.78. The van der Waals surface area contributed by atoms with Gasteiger partial charge in [-0.05, 0) is 62.3 Å². The summed E-state index contributed by atoms with van der Waals surface area (Å²) in [4.78, 5) is 9.67. The molecule has 29 heavy (non-hydrogen) atoms. The molecule has 2 heterocycles. The summed E-state index contributed by atoms with van der Waals surface area (Å²) in [5.41, 5.74) is 9.61. The predicted octanol–water partition coefficient (Wildman–Crippen LogP) is 4.87. The zero-order valence-electron chi connectivity index (χ0n) is 18.3. The molecular formula is C24H37N5. The molecule has 0 saturated heterocycles. The second kappa shape index (κ2) is 8.95. The zero-order chi connectivity index (χ0) is 20.4. The average Bonchev–Trinajstić information content (AvgIpc) is 3.06. The summed E-state index contributed by atoms with van der Waals surface area (Å²) < 4.78 is 2.04. The van der Waals surface area contributed by atoms with E-state index >= 15 is 0 Å². The number of nitrogens with two attached hydrogens (primary N) is 1. The molecule has 2 saturated carbocycles. The topological polar surface area (TPSA) is 69.6 Å². The molecule has 2 fully saturated rings. The number of rotatable bonds is 7. The quantitative estimate of drug-likeness (QED) is 0.726. The SMILES string of the molecule is CC(c1nccc(-c2cnn(C)c2CC2CCC2)n1)[C@H](C)CC1CCC(N)CC1. The second-order valence-corrected chi connectivity index (χ2v) is 9.71. The molecule has 4 rings (SSSR count). The minimum absolute atomic E-state index is 0.359. The first-order valence-corrected chi connectivity index (χ1v) is 11.6. The van der Waals surface area contributed by atoms with Crippen LogP contribution in [0.1, 0.15) is 82.7 Å². The van der Waals surface area contributed by atoms with Crippen molar-refractivity contribution in [1.29, 1.82) is 0 Å². The summed E-state index contributed by atoms with van der Waals surface area (Å²) >= 11 is 0. The van der Waals surface area contributed by atoms with Crippen LogP contribution in [0.15, 0.2) is 18.5 Å². The van der Waals surface area contributed by atoms with E-state index in [2.05, 4.69) is 31.0 Å². The zero-order valence-corrected chi connectivity index (χ0v) is 18.3. The molecule has 2 aliphatic carbocycles. The number of aromatic nitrogens is 4. The van der Waals surface area contributed by atoms with Crippen molar-refractivity contribution < 1.29 is 0 Å². The monoisotopic (exact) mass is 395 g/mol. The molecule has 0 amide bonds. The van der Waals surface area contributed by atoms with Crippen molar-refractivity contribution in [2.45, 2.75) is 83.6 Å². The van der Waals surface area contributed by atoms with E-state index in [1.54, 1.807) is 0 Å². The van der Waals surface area contributed by atoms with Crippen LogP contribution in [0.5, 0.6) is 0 Å². The van der Waals surface area contributed by atoms with Crippen molar-refractivity contribution in [3.8, 4) is 11.3 Å². The third-order valence-electron chi connectivity index (χ3n) is 7.58. The molecular weight excluding hydrogens is 358 g/mol. The van der Waals surface area contributed by atoms with Crippen LogP contribution in [0, 0.1) is 17.8 Å². The summed E-state index contributed by atoms with van der Waals surface area (Å²) in [6.45, 7) is 4.65. The molecule has 2 aromatic heterocycles. The van der Waals surface area contributed by atoms with Crippen molar-refractivity contribution in [2.75, 3.05) is 0 Å². The molecule has 158 valence electrons. The fourth-order valence-corrected chi connectivity index (χ4v) is 5.04. The molecule has 5 nitrogen and oxygen atoms in total. The van der Waals surface area contributed by atoms with Gasteiger partial charge in [-0.2, -0.15) is 5.10 Å². The van der Waals surface area contributed by atoms with Gasteiger partial charge in [0.15, 0.2) is 0 Å². The van der Waals surface area contributed by atoms with Gasteiger partial charge >= 0.3 is 0 Å². The summed E-state index contributed by atoms with van der Waals surface area (Å²) in [6.07, 6.45) is 15.3. The van der Waals surface area contributed by atoms with Crippen LogP contribution >= 0.6 is 0 Å². The fourth-order valence-electron chi connectivity index (χ4n) is 5.04. The Morgan fingerprint density at radius 3 is 2.55 bits per heavy atom. The van der Waals surface area contributed by atoms with Crippen LogP contribution < -0.4 is 5.73 Å². The van der Waals surface area contributed by atoms with Crippen LogP contribution in [0.4, 0.5) is 0 Å². The molecule has 0 spiro atoms. The highest BCUT2D eigenvalue weighted by molar-refractivity contribution is 5.61. The first kappa shape index (κ1) is 20.5. The highest BCUT2D eigenvalue weighted by Gasteiger charge is 2.26. The van der Waals surface area contributed by atoms with E-state index in [-0.39, 0.29) is 0 Å². The molecule has 2 atom stereocenters. The molecule has 0 radical (unpaired) electrons. The highest BCUT2D eigenvalue weighted by atomic mass is 15.3. The Bertz CT molecular complexity index is 801. The molecule has 2 aliphatic rings. The summed E-state index contributed by atoms with van der Waals surface area (Å²) in [5.74, 6) is 3.53. The van der Waals surface area contributed by atoms with Gasteiger partial charge < -0.3 is 5.73 Å². The average molecular weight is 396 g/mol. The van der Waals surface area contributed by atoms with Crippen molar-refractivity contribution >= 4 is 0 Å². The van der Waals surface area contributed by atoms with Crippen molar-refractivity contribution in [3.05, 3.63) is 30.0 Å². The first-order valence-electron chi connectivity index (χ1n) is 11.6. The Balaban J connectivity index is 1.47. The van der Waals surface area contributed by atoms with Gasteiger partial charge in [0.25, 0.3) is 0 Å². The smallest absolute Gasteiger partial charge is 0.132 e. The lowest BCUT2D eigenvalue weighted by molar-refractivity contribution is 0.261. The third-order valence-corrected chi connectivity index (χ3v) is 7.58. The molecule has 0 bridgehead atoms. The number of hydrogen-bond donors (Lipinski definition) is 1. The minimum Gasteiger partial charge on any atom is -0.328 e. The number of aryl methyl sites for hydroxylation is 1. The van der Waals surface area contributed by atoms with Gasteiger partial charge in [0.1, 0.15) is 5.82 Å². The molecule has 2 aromatic rings. The van der Waals surface area contributed by atoms with E-state index in [1.807, 2.05) is 23.1 Å². The van der Waals surface area contributed by atoms with E-state index in [0.29, 0.717) is 17.9 Å². The van der Waals surface area contributed by atoms with Gasteiger partial charge in [-0.15, -0.1) is 0 Å². The van der Waals surface area contributed by atoms with Gasteiger partial charge in [-0.3, -0.25) is 4.68 Å². The molecule has 0 aromatic carbocycles. The minimum atomic E-state index is 0.359. The van der Waals surface area contributed by atoms with Crippen LogP contribution in [0.3, 0.4) is 0 Å². The lowest BCUT2D eigenvalue weighted by Gasteiger charge is -2.30. The van der Waals surface area contributed by atoms with Gasteiger partial charge in [-0.1, -0.05) is 33.1 Å². The van der Waals surface area contributed by atoms with Crippen molar-refractivity contribution in [1.82, 2.24) is 19.7 Å². The summed E-state index contributed by atoms with van der Waals surface area (Å²) in [5, 5.41) is 4.54. The van der Waals surface area contributed by atoms with Gasteiger partial charge in [0.2, 0.25) is 0 Å². The van der Waals surface area contributed by atoms with Crippen LogP contribution in [0.2, 0.25) is 0 Å². The highest BCUT2D eigenvalue weighted by Crippen LogP contribution is 2.35. The van der Waals surface area contributed by atoms with Gasteiger partial charge in [-0.25, -0.2) is 9.97 Å². The number of nitrogens with zero attached hydrogens (tertiary/aromatic N) is 4. The van der Waals surface area contributed by atoms with Crippen LogP contribution in [-0.2, 0) is 13.5 Å². The molecule has 0 aliphatic heterocycles. The normalized spacial score (nSPS) is 24.8. The maximum absolute atomic E-state index is 6.08. The molecule has 5 heteroatoms. The fraction of sp³-hybridized carbons (Fsp3) is 0.708. The Morgan fingerprint density at radius 1 is 1.10 bits per heavy atom. The maximum atomic E-state index is 6.08. The Morgan fingerprint density at radius 2 is 1.86 bits per heavy atom. The van der Waals surface area contributed by atoms with Crippen molar-refractivity contribution in [2.24, 2.45) is 30.5 Å². The van der Waals surface area contributed by atoms with Gasteiger partial charge in [0, 0.05) is 36.5 Å². The standard InChI is InChI=1S/C24H37N5/c1-16(13-19-7-9-20(25)10-8-19)17(2)24-26-12-11-22(28-24)21-15-27-29(3)23(21)14-18-5-4-6-18/h11-12,15-20H,4-10,13-14,25H2,1-3H3/t16-,17?,19?,20?/m1/s1. The third kappa shape index (κ3) is 4.71. The Kier molecular flexibility index (Phi) is 6.33. The largest absolute Gasteiger partial charge is 0.328 e.